The number of nitrogens with one attached hydrogen (secondary N) is 3. The average molecular weight is 384 g/mol. The van der Waals surface area contributed by atoms with Crippen molar-refractivity contribution >= 4 is 41.2 Å². The molecule has 2 aromatic heterocycles. The van der Waals surface area contributed by atoms with Crippen molar-refractivity contribution in [3.8, 4) is 5.88 Å². The number of nitrogens with two attached hydrogens (primary N) is 1. The lowest BCUT2D eigenvalue weighted by Crippen LogP contribution is -2.77. The standard InChI is InChI=1S/C17H17N7O2S/c1-7-4-10-9(3)20-16(21-12(10)5-8(7)2)24-15(18)19-6-11-13(25)22-17(27)23-14(11)26/h4-6H,1-3H3,(H2,18,20,21,24)(H3,22,23,25,26,27)/p+1/b19-6+. The number of rotatable bonds is 2. The Hall–Kier alpha value is -3.40. The van der Waals surface area contributed by atoms with Crippen molar-refractivity contribution in [1.29, 1.82) is 0 Å². The summed E-state index contributed by atoms with van der Waals surface area (Å²) in [6.45, 7) is 5.91. The highest BCUT2D eigenvalue weighted by atomic mass is 32.1. The number of aliphatic imine (C=N–C) groups is 1. The molecule has 0 amide bonds. The van der Waals surface area contributed by atoms with Crippen molar-refractivity contribution in [2.24, 2.45) is 10.7 Å². The first-order valence-corrected chi connectivity index (χ1v) is 8.40. The molecule has 10 heteroatoms. The molecule has 0 radical (unpaired) electrons. The minimum atomic E-state index is -0.569. The molecule has 0 fully saturated rings. The van der Waals surface area contributed by atoms with Gasteiger partial charge in [0.05, 0.1) is 17.4 Å². The molecule has 27 heavy (non-hydrogen) atoms. The zero-order chi connectivity index (χ0) is 19.7. The second kappa shape index (κ2) is 7.08. The Morgan fingerprint density at radius 2 is 1.96 bits per heavy atom. The van der Waals surface area contributed by atoms with Crippen LogP contribution in [0.15, 0.2) is 21.9 Å². The highest BCUT2D eigenvalue weighted by Crippen LogP contribution is 2.22. The fourth-order valence-electron chi connectivity index (χ4n) is 2.48. The number of benzene rings is 1. The normalized spacial score (nSPS) is 12.2. The Labute approximate surface area is 158 Å². The van der Waals surface area contributed by atoms with Crippen LogP contribution in [0.4, 0.5) is 5.95 Å². The fraction of sp³-hybridized carbons (Fsp3) is 0.176. The van der Waals surface area contributed by atoms with Gasteiger partial charge in [-0.25, -0.2) is 9.98 Å². The number of hydrogen-bond donors (Lipinski definition) is 5. The van der Waals surface area contributed by atoms with E-state index in [9.17, 15) is 9.90 Å². The Kier molecular flexibility index (Phi) is 4.82. The number of hydrogen-bond acceptors (Lipinski definition) is 6. The summed E-state index contributed by atoms with van der Waals surface area (Å²) < 4.78 is 0.0156. The molecule has 0 saturated heterocycles. The van der Waals surface area contributed by atoms with Crippen LogP contribution >= 0.6 is 12.2 Å². The van der Waals surface area contributed by atoms with Gasteiger partial charge in [-0.15, -0.1) is 0 Å². The number of guanidine groups is 1. The van der Waals surface area contributed by atoms with Crippen LogP contribution in [0, 0.1) is 25.5 Å². The third kappa shape index (κ3) is 3.90. The second-order valence-electron chi connectivity index (χ2n) is 6.02. The summed E-state index contributed by atoms with van der Waals surface area (Å²) in [6, 6.07) is 4.01. The Morgan fingerprint density at radius 3 is 2.67 bits per heavy atom. The minimum absolute atomic E-state index is 0.0156. The number of aryl methyl sites for hydroxylation is 3. The van der Waals surface area contributed by atoms with E-state index in [1.54, 1.807) is 0 Å². The maximum absolute atomic E-state index is 11.8. The van der Waals surface area contributed by atoms with Gasteiger partial charge in [0.15, 0.2) is 4.77 Å². The quantitative estimate of drug-likeness (QED) is 0.241. The van der Waals surface area contributed by atoms with Crippen LogP contribution in [0.5, 0.6) is 5.88 Å². The summed E-state index contributed by atoms with van der Waals surface area (Å²) in [5, 5.41) is 10.7. The number of fused-ring (bicyclic) bond motifs is 1. The predicted octanol–water partition coefficient (Wildman–Crippen LogP) is 0.152. The molecule has 2 heterocycles. The first-order chi connectivity index (χ1) is 12.7. The smallest absolute Gasteiger partial charge is 0.390 e. The molecular formula is C17H18N7O2S+. The van der Waals surface area contributed by atoms with Gasteiger partial charge in [0.25, 0.3) is 5.56 Å². The minimum Gasteiger partial charge on any atom is -0.494 e. The molecule has 138 valence electrons. The maximum Gasteiger partial charge on any atom is 0.390 e. The van der Waals surface area contributed by atoms with E-state index in [2.05, 4.69) is 29.9 Å². The number of aromatic nitrogens is 4. The van der Waals surface area contributed by atoms with Gasteiger partial charge in [-0.2, -0.15) is 4.98 Å². The van der Waals surface area contributed by atoms with E-state index >= 15 is 0 Å². The lowest BCUT2D eigenvalue weighted by Gasteiger charge is -2.05. The molecule has 0 saturated carbocycles. The number of H-pyrrole nitrogens is 2. The summed E-state index contributed by atoms with van der Waals surface area (Å²) >= 11 is 4.77. The lowest BCUT2D eigenvalue weighted by atomic mass is 10.1. The van der Waals surface area contributed by atoms with E-state index in [1.807, 2.05) is 32.9 Å². The van der Waals surface area contributed by atoms with Crippen molar-refractivity contribution < 1.29 is 10.1 Å². The maximum atomic E-state index is 11.8. The molecule has 0 aliphatic carbocycles. The summed E-state index contributed by atoms with van der Waals surface area (Å²) in [5.41, 5.74) is 9.03. The zero-order valence-electron chi connectivity index (χ0n) is 14.9. The highest BCUT2D eigenvalue weighted by molar-refractivity contribution is 7.71. The summed E-state index contributed by atoms with van der Waals surface area (Å²) in [4.78, 5) is 32.1. The van der Waals surface area contributed by atoms with Crippen LogP contribution in [0.2, 0.25) is 0 Å². The number of nitrogens with zero attached hydrogens (tertiary/aromatic N) is 3. The van der Waals surface area contributed by atoms with Crippen molar-refractivity contribution in [1.82, 2.24) is 19.9 Å². The van der Waals surface area contributed by atoms with Crippen LogP contribution in [0.1, 0.15) is 22.4 Å². The molecule has 0 bridgehead atoms. The molecule has 0 spiro atoms. The molecule has 0 aliphatic heterocycles. The van der Waals surface area contributed by atoms with Gasteiger partial charge in [-0.05, 0) is 61.2 Å². The van der Waals surface area contributed by atoms with E-state index in [-0.39, 0.29) is 28.1 Å². The van der Waals surface area contributed by atoms with Crippen molar-refractivity contribution in [2.75, 3.05) is 0 Å². The Morgan fingerprint density at radius 1 is 1.26 bits per heavy atom. The van der Waals surface area contributed by atoms with Gasteiger partial charge in [-0.1, -0.05) is 0 Å². The van der Waals surface area contributed by atoms with E-state index in [1.165, 1.54) is 6.21 Å². The summed E-state index contributed by atoms with van der Waals surface area (Å²) in [6.07, 6.45) is 1.21. The van der Waals surface area contributed by atoms with Gasteiger partial charge in [0, 0.05) is 5.39 Å². The van der Waals surface area contributed by atoms with Crippen molar-refractivity contribution in [2.45, 2.75) is 20.8 Å². The number of aromatic amines is 2. The lowest BCUT2D eigenvalue weighted by molar-refractivity contribution is -0.311. The third-order valence-electron chi connectivity index (χ3n) is 4.03. The SMILES string of the molecule is Cc1cc2nc(/N=C(N)/[NH+]=C/c3c(O)[nH]c(=S)[nH]c3=O)nc(C)c2cc1C. The van der Waals surface area contributed by atoms with Crippen molar-refractivity contribution in [3.63, 3.8) is 0 Å². The third-order valence-corrected chi connectivity index (χ3v) is 4.24. The van der Waals surface area contributed by atoms with Gasteiger partial charge >= 0.3 is 11.9 Å². The summed E-state index contributed by atoms with van der Waals surface area (Å²) in [7, 11) is 0. The van der Waals surface area contributed by atoms with Gasteiger partial charge in [-0.3, -0.25) is 15.5 Å². The van der Waals surface area contributed by atoms with Crippen LogP contribution in [0.25, 0.3) is 10.9 Å². The number of aromatic hydroxyl groups is 1. The highest BCUT2D eigenvalue weighted by Gasteiger charge is 2.10. The Balaban J connectivity index is 1.98. The molecule has 3 rings (SSSR count). The molecule has 0 unspecified atom stereocenters. The monoisotopic (exact) mass is 384 g/mol. The van der Waals surface area contributed by atoms with Crippen LogP contribution in [-0.2, 0) is 0 Å². The first-order valence-electron chi connectivity index (χ1n) is 7.99. The molecule has 9 nitrogen and oxygen atoms in total. The van der Waals surface area contributed by atoms with Gasteiger partial charge < -0.3 is 10.1 Å². The Bertz CT molecular complexity index is 1220. The average Bonchev–Trinajstić information content (AvgIpc) is 2.55. The molecule has 3 aromatic rings. The molecule has 6 N–H and O–H groups in total. The topological polar surface area (TPSA) is 147 Å². The fourth-order valence-corrected chi connectivity index (χ4v) is 2.67. The molecular weight excluding hydrogens is 366 g/mol. The van der Waals surface area contributed by atoms with E-state index in [4.69, 9.17) is 18.0 Å². The zero-order valence-corrected chi connectivity index (χ0v) is 15.7. The summed E-state index contributed by atoms with van der Waals surface area (Å²) in [5.74, 6) is -0.237. The van der Waals surface area contributed by atoms with Crippen molar-refractivity contribution in [3.05, 3.63) is 49.6 Å². The predicted molar refractivity (Wildman–Crippen MR) is 105 cm³/mol. The van der Waals surface area contributed by atoms with E-state index in [0.29, 0.717) is 0 Å². The largest absolute Gasteiger partial charge is 0.494 e. The van der Waals surface area contributed by atoms with Gasteiger partial charge in [0.2, 0.25) is 5.88 Å². The van der Waals surface area contributed by atoms with E-state index < -0.39 is 5.56 Å². The first kappa shape index (κ1) is 18.4. The molecule has 0 atom stereocenters. The van der Waals surface area contributed by atoms with E-state index in [0.717, 1.165) is 27.7 Å². The van der Waals surface area contributed by atoms with Crippen LogP contribution in [0.3, 0.4) is 0 Å². The van der Waals surface area contributed by atoms with Crippen LogP contribution < -0.4 is 16.3 Å². The second-order valence-corrected chi connectivity index (χ2v) is 6.43. The molecule has 1 aromatic carbocycles. The molecule has 0 aliphatic rings. The van der Waals surface area contributed by atoms with Gasteiger partial charge in [0.1, 0.15) is 5.56 Å². The van der Waals surface area contributed by atoms with Crippen LogP contribution in [-0.4, -0.2) is 37.2 Å².